The molecular formula is C16H33IN4. The molecule has 4 nitrogen and oxygen atoms in total. The number of hydrogen-bond donors (Lipinski definition) is 2. The van der Waals surface area contributed by atoms with E-state index in [2.05, 4.69) is 36.4 Å². The van der Waals surface area contributed by atoms with Crippen LogP contribution in [0.5, 0.6) is 0 Å². The zero-order chi connectivity index (χ0) is 14.4. The summed E-state index contributed by atoms with van der Waals surface area (Å²) in [6.07, 6.45) is 6.57. The molecule has 1 atom stereocenters. The maximum absolute atomic E-state index is 4.81. The van der Waals surface area contributed by atoms with Gasteiger partial charge in [0.25, 0.3) is 0 Å². The van der Waals surface area contributed by atoms with Crippen molar-refractivity contribution in [2.45, 2.75) is 52.0 Å². The van der Waals surface area contributed by atoms with Crippen LogP contribution in [0, 0.1) is 11.8 Å². The van der Waals surface area contributed by atoms with Gasteiger partial charge >= 0.3 is 0 Å². The molecule has 2 rings (SSSR count). The number of hydrogen-bond acceptors (Lipinski definition) is 2. The Morgan fingerprint density at radius 3 is 2.48 bits per heavy atom. The van der Waals surface area contributed by atoms with Crippen LogP contribution in [0.1, 0.15) is 46.0 Å². The van der Waals surface area contributed by atoms with Crippen LogP contribution in [0.3, 0.4) is 0 Å². The van der Waals surface area contributed by atoms with E-state index in [0.717, 1.165) is 30.9 Å². The fourth-order valence-electron chi connectivity index (χ4n) is 3.31. The Labute approximate surface area is 147 Å². The van der Waals surface area contributed by atoms with Crippen molar-refractivity contribution in [2.75, 3.05) is 33.2 Å². The molecule has 2 N–H and O–H groups in total. The smallest absolute Gasteiger partial charge is 0.191 e. The van der Waals surface area contributed by atoms with Crippen molar-refractivity contribution in [3.05, 3.63) is 0 Å². The number of guanidine groups is 1. The van der Waals surface area contributed by atoms with Gasteiger partial charge in [-0.1, -0.05) is 6.92 Å². The van der Waals surface area contributed by atoms with Crippen LogP contribution in [-0.2, 0) is 0 Å². The normalized spacial score (nSPS) is 30.8. The number of nitrogens with one attached hydrogen (secondary N) is 2. The van der Waals surface area contributed by atoms with Crippen molar-refractivity contribution in [1.29, 1.82) is 0 Å². The van der Waals surface area contributed by atoms with E-state index in [0.29, 0.717) is 6.04 Å². The SMILES string of the molecule is CCNC(=NCC1CCN(C)C1)NC1CCC(C)CC1.I. The van der Waals surface area contributed by atoms with Crippen molar-refractivity contribution in [3.63, 3.8) is 0 Å². The first-order valence-electron chi connectivity index (χ1n) is 8.40. The molecule has 1 unspecified atom stereocenters. The first-order valence-corrected chi connectivity index (χ1v) is 8.40. The van der Waals surface area contributed by atoms with E-state index in [1.165, 1.54) is 45.2 Å². The molecule has 1 aliphatic heterocycles. The molecular weight excluding hydrogens is 375 g/mol. The zero-order valence-corrected chi connectivity index (χ0v) is 16.2. The minimum atomic E-state index is 0. The van der Waals surface area contributed by atoms with Gasteiger partial charge in [0.05, 0.1) is 0 Å². The topological polar surface area (TPSA) is 39.7 Å². The van der Waals surface area contributed by atoms with Gasteiger partial charge < -0.3 is 15.5 Å². The highest BCUT2D eigenvalue weighted by Crippen LogP contribution is 2.23. The third-order valence-electron chi connectivity index (χ3n) is 4.70. The van der Waals surface area contributed by atoms with E-state index >= 15 is 0 Å². The highest BCUT2D eigenvalue weighted by Gasteiger charge is 2.21. The maximum Gasteiger partial charge on any atom is 0.191 e. The van der Waals surface area contributed by atoms with Crippen LogP contribution < -0.4 is 10.6 Å². The molecule has 0 aromatic rings. The van der Waals surface area contributed by atoms with Gasteiger partial charge in [-0.2, -0.15) is 0 Å². The molecule has 0 aromatic heterocycles. The van der Waals surface area contributed by atoms with Crippen LogP contribution in [0.25, 0.3) is 0 Å². The summed E-state index contributed by atoms with van der Waals surface area (Å²) in [7, 11) is 2.20. The Hall–Kier alpha value is -0.0400. The molecule has 2 fully saturated rings. The van der Waals surface area contributed by atoms with Gasteiger partial charge in [-0.3, -0.25) is 4.99 Å². The molecule has 0 bridgehead atoms. The van der Waals surface area contributed by atoms with Gasteiger partial charge in [0.2, 0.25) is 0 Å². The Morgan fingerprint density at radius 1 is 1.19 bits per heavy atom. The van der Waals surface area contributed by atoms with Crippen molar-refractivity contribution in [2.24, 2.45) is 16.8 Å². The predicted molar refractivity (Wildman–Crippen MR) is 102 cm³/mol. The first kappa shape index (κ1) is 19.0. The molecule has 1 aliphatic carbocycles. The number of nitrogens with zero attached hydrogens (tertiary/aromatic N) is 2. The van der Waals surface area contributed by atoms with Crippen LogP contribution in [-0.4, -0.2) is 50.1 Å². The lowest BCUT2D eigenvalue weighted by atomic mass is 9.87. The summed E-state index contributed by atoms with van der Waals surface area (Å²) in [6.45, 7) is 8.84. The summed E-state index contributed by atoms with van der Waals surface area (Å²) >= 11 is 0. The first-order chi connectivity index (χ1) is 9.67. The van der Waals surface area contributed by atoms with Crippen molar-refractivity contribution in [3.8, 4) is 0 Å². The summed E-state index contributed by atoms with van der Waals surface area (Å²) in [5.41, 5.74) is 0. The van der Waals surface area contributed by atoms with Gasteiger partial charge in [0.1, 0.15) is 0 Å². The zero-order valence-electron chi connectivity index (χ0n) is 13.9. The van der Waals surface area contributed by atoms with Crippen LogP contribution >= 0.6 is 24.0 Å². The molecule has 21 heavy (non-hydrogen) atoms. The minimum Gasteiger partial charge on any atom is -0.357 e. The van der Waals surface area contributed by atoms with Gasteiger partial charge in [0, 0.05) is 25.7 Å². The fourth-order valence-corrected chi connectivity index (χ4v) is 3.31. The minimum absolute atomic E-state index is 0. The fraction of sp³-hybridized carbons (Fsp3) is 0.938. The van der Waals surface area contributed by atoms with E-state index in [9.17, 15) is 0 Å². The molecule has 1 saturated heterocycles. The highest BCUT2D eigenvalue weighted by molar-refractivity contribution is 14.0. The van der Waals surface area contributed by atoms with Crippen molar-refractivity contribution < 1.29 is 0 Å². The van der Waals surface area contributed by atoms with E-state index in [1.807, 2.05) is 0 Å². The number of likely N-dealkylation sites (tertiary alicyclic amines) is 1. The summed E-state index contributed by atoms with van der Waals surface area (Å²) in [5, 5.41) is 7.04. The lowest BCUT2D eigenvalue weighted by Crippen LogP contribution is -2.45. The number of rotatable bonds is 4. The largest absolute Gasteiger partial charge is 0.357 e. The molecule has 0 amide bonds. The van der Waals surface area contributed by atoms with E-state index in [-0.39, 0.29) is 24.0 Å². The number of halogens is 1. The third-order valence-corrected chi connectivity index (χ3v) is 4.70. The maximum atomic E-state index is 4.81. The summed E-state index contributed by atoms with van der Waals surface area (Å²) in [5.74, 6) is 2.67. The van der Waals surface area contributed by atoms with Gasteiger partial charge in [-0.15, -0.1) is 24.0 Å². The predicted octanol–water partition coefficient (Wildman–Crippen LogP) is 2.69. The Morgan fingerprint density at radius 2 is 1.90 bits per heavy atom. The van der Waals surface area contributed by atoms with Crippen LogP contribution in [0.15, 0.2) is 4.99 Å². The van der Waals surface area contributed by atoms with Gasteiger partial charge in [-0.25, -0.2) is 0 Å². The summed E-state index contributed by atoms with van der Waals surface area (Å²) in [6, 6.07) is 0.621. The molecule has 5 heteroatoms. The van der Waals surface area contributed by atoms with Crippen LogP contribution in [0.2, 0.25) is 0 Å². The second-order valence-corrected chi connectivity index (χ2v) is 6.74. The van der Waals surface area contributed by atoms with Crippen LogP contribution in [0.4, 0.5) is 0 Å². The quantitative estimate of drug-likeness (QED) is 0.427. The van der Waals surface area contributed by atoms with Gasteiger partial charge in [0.15, 0.2) is 5.96 Å². The van der Waals surface area contributed by atoms with Crippen molar-refractivity contribution >= 4 is 29.9 Å². The van der Waals surface area contributed by atoms with E-state index in [1.54, 1.807) is 0 Å². The standard InChI is InChI=1S/C16H32N4.HI/c1-4-17-16(18-11-14-9-10-20(3)12-14)19-15-7-5-13(2)6-8-15;/h13-15H,4-12H2,1-3H3,(H2,17,18,19);1H. The second kappa shape index (κ2) is 9.87. The van der Waals surface area contributed by atoms with E-state index < -0.39 is 0 Å². The Bertz CT molecular complexity index is 313. The Balaban J connectivity index is 0.00000220. The molecule has 1 saturated carbocycles. The lowest BCUT2D eigenvalue weighted by molar-refractivity contribution is 0.329. The highest BCUT2D eigenvalue weighted by atomic mass is 127. The molecule has 2 aliphatic rings. The Kier molecular flexibility index (Phi) is 8.94. The summed E-state index contributed by atoms with van der Waals surface area (Å²) < 4.78 is 0. The lowest BCUT2D eigenvalue weighted by Gasteiger charge is -2.28. The molecule has 0 radical (unpaired) electrons. The monoisotopic (exact) mass is 408 g/mol. The van der Waals surface area contributed by atoms with Gasteiger partial charge in [-0.05, 0) is 64.5 Å². The average molecular weight is 408 g/mol. The molecule has 0 spiro atoms. The second-order valence-electron chi connectivity index (χ2n) is 6.74. The number of aliphatic imine (C=N–C) groups is 1. The molecule has 0 aromatic carbocycles. The average Bonchev–Trinajstić information content (AvgIpc) is 2.85. The third kappa shape index (κ3) is 6.72. The van der Waals surface area contributed by atoms with E-state index in [4.69, 9.17) is 4.99 Å². The van der Waals surface area contributed by atoms with Crippen molar-refractivity contribution in [1.82, 2.24) is 15.5 Å². The summed E-state index contributed by atoms with van der Waals surface area (Å²) in [4.78, 5) is 7.22. The molecule has 124 valence electrons. The molecule has 1 heterocycles.